The van der Waals surface area contributed by atoms with Gasteiger partial charge in [-0.05, 0) is 24.3 Å². The summed E-state index contributed by atoms with van der Waals surface area (Å²) in [6.45, 7) is 0. The Balaban J connectivity index is 0.000000324. The summed E-state index contributed by atoms with van der Waals surface area (Å²) in [5.74, 6) is -1.98. The van der Waals surface area contributed by atoms with Crippen molar-refractivity contribution in [3.63, 3.8) is 0 Å². The van der Waals surface area contributed by atoms with E-state index in [0.29, 0.717) is 0 Å². The van der Waals surface area contributed by atoms with E-state index < -0.39 is 11.9 Å². The van der Waals surface area contributed by atoms with Gasteiger partial charge in [-0.1, -0.05) is 12.1 Å². The Labute approximate surface area is 140 Å². The summed E-state index contributed by atoms with van der Waals surface area (Å²) in [5.41, 5.74) is 0.162. The van der Waals surface area contributed by atoms with Crippen LogP contribution >= 0.6 is 0 Å². The van der Waals surface area contributed by atoms with E-state index in [0.717, 1.165) is 0 Å². The summed E-state index contributed by atoms with van der Waals surface area (Å²) < 4.78 is 0. The number of carbonyl (C=O) groups is 2. The first-order chi connectivity index (χ1) is 8.61. The molecule has 19 heavy (non-hydrogen) atoms. The van der Waals surface area contributed by atoms with Crippen molar-refractivity contribution in [3.8, 4) is 0 Å². The molecule has 0 aliphatic rings. The molecule has 0 aliphatic heterocycles. The fourth-order valence-electron chi connectivity index (χ4n) is 0.979. The van der Waals surface area contributed by atoms with Crippen LogP contribution < -0.4 is 0 Å². The van der Waals surface area contributed by atoms with E-state index in [1.54, 1.807) is 24.3 Å². The SMILES string of the molecule is O=C(O)c1ccccn1.O=C(O)c1ccccn1.[Tb]. The van der Waals surface area contributed by atoms with Gasteiger partial charge in [0.1, 0.15) is 11.4 Å². The minimum absolute atomic E-state index is 0. The number of rotatable bonds is 2. The molecular weight excluding hydrogens is 395 g/mol. The quantitative estimate of drug-likeness (QED) is 0.787. The van der Waals surface area contributed by atoms with Gasteiger partial charge in [-0.25, -0.2) is 19.6 Å². The molecular formula is C12H10N2O4Tb. The Hall–Kier alpha value is -1.47. The molecule has 2 aromatic heterocycles. The van der Waals surface area contributed by atoms with Crippen LogP contribution in [-0.4, -0.2) is 32.1 Å². The topological polar surface area (TPSA) is 100 Å². The van der Waals surface area contributed by atoms with Gasteiger partial charge < -0.3 is 10.2 Å². The fraction of sp³-hybridized carbons (Fsp3) is 0. The second-order valence-corrected chi connectivity index (χ2v) is 3.04. The molecule has 2 aromatic rings. The van der Waals surface area contributed by atoms with E-state index in [1.807, 2.05) is 0 Å². The average molecular weight is 405 g/mol. The van der Waals surface area contributed by atoms with Gasteiger partial charge in [-0.2, -0.15) is 0 Å². The average Bonchev–Trinajstić information content (AvgIpc) is 2.41. The van der Waals surface area contributed by atoms with E-state index in [9.17, 15) is 9.59 Å². The second-order valence-electron chi connectivity index (χ2n) is 3.04. The molecule has 1 radical (unpaired) electrons. The van der Waals surface area contributed by atoms with Crippen molar-refractivity contribution in [1.82, 2.24) is 9.97 Å². The zero-order chi connectivity index (χ0) is 13.4. The van der Waals surface area contributed by atoms with Gasteiger partial charge in [0.25, 0.3) is 0 Å². The Bertz CT molecular complexity index is 470. The molecule has 0 spiro atoms. The largest absolute Gasteiger partial charge is 0.477 e. The van der Waals surface area contributed by atoms with Gasteiger partial charge in [0.15, 0.2) is 0 Å². The van der Waals surface area contributed by atoms with Crippen LogP contribution in [0.15, 0.2) is 48.8 Å². The summed E-state index contributed by atoms with van der Waals surface area (Å²) in [4.78, 5) is 27.4. The van der Waals surface area contributed by atoms with Gasteiger partial charge >= 0.3 is 11.9 Å². The first-order valence-corrected chi connectivity index (χ1v) is 4.90. The molecule has 0 bridgehead atoms. The van der Waals surface area contributed by atoms with Gasteiger partial charge in [0, 0.05) is 51.0 Å². The van der Waals surface area contributed by atoms with Crippen LogP contribution in [0, 0.1) is 38.6 Å². The van der Waals surface area contributed by atoms with E-state index in [-0.39, 0.29) is 50.0 Å². The first kappa shape index (κ1) is 17.5. The molecule has 2 N–H and O–H groups in total. The molecule has 0 unspecified atom stereocenters. The van der Waals surface area contributed by atoms with Crippen LogP contribution in [0.3, 0.4) is 0 Å². The fourth-order valence-corrected chi connectivity index (χ4v) is 0.979. The first-order valence-electron chi connectivity index (χ1n) is 4.90. The van der Waals surface area contributed by atoms with Gasteiger partial charge in [-0.3, -0.25) is 0 Å². The number of aromatic nitrogens is 2. The van der Waals surface area contributed by atoms with E-state index in [4.69, 9.17) is 10.2 Å². The number of nitrogens with zero attached hydrogens (tertiary/aromatic N) is 2. The summed E-state index contributed by atoms with van der Waals surface area (Å²) in [6, 6.07) is 9.51. The molecule has 0 aliphatic carbocycles. The Morgan fingerprint density at radius 1 is 0.789 bits per heavy atom. The van der Waals surface area contributed by atoms with Crippen molar-refractivity contribution in [3.05, 3.63) is 60.2 Å². The van der Waals surface area contributed by atoms with Gasteiger partial charge in [0.2, 0.25) is 0 Å². The van der Waals surface area contributed by atoms with E-state index >= 15 is 0 Å². The van der Waals surface area contributed by atoms with Crippen LogP contribution in [-0.2, 0) is 0 Å². The Kier molecular flexibility index (Phi) is 8.72. The number of hydrogen-bond donors (Lipinski definition) is 2. The summed E-state index contributed by atoms with van der Waals surface area (Å²) >= 11 is 0. The van der Waals surface area contributed by atoms with Crippen LogP contribution in [0.2, 0.25) is 0 Å². The number of carboxylic acid groups (broad SMARTS) is 2. The van der Waals surface area contributed by atoms with Crippen molar-refractivity contribution >= 4 is 11.9 Å². The number of aromatic carboxylic acids is 2. The van der Waals surface area contributed by atoms with Crippen molar-refractivity contribution in [1.29, 1.82) is 0 Å². The third kappa shape index (κ3) is 6.87. The molecule has 0 fully saturated rings. The van der Waals surface area contributed by atoms with Crippen molar-refractivity contribution in [2.75, 3.05) is 0 Å². The smallest absolute Gasteiger partial charge is 0.354 e. The predicted molar refractivity (Wildman–Crippen MR) is 62.4 cm³/mol. The molecule has 0 aromatic carbocycles. The summed E-state index contributed by atoms with van der Waals surface area (Å²) in [5, 5.41) is 16.6. The molecule has 7 heteroatoms. The number of hydrogen-bond acceptors (Lipinski definition) is 4. The molecule has 101 valence electrons. The molecule has 0 saturated carbocycles. The maximum absolute atomic E-state index is 10.1. The molecule has 0 saturated heterocycles. The Morgan fingerprint density at radius 3 is 1.32 bits per heavy atom. The third-order valence-electron chi connectivity index (χ3n) is 1.77. The predicted octanol–water partition coefficient (Wildman–Crippen LogP) is 1.56. The summed E-state index contributed by atoms with van der Waals surface area (Å²) in [6.07, 6.45) is 2.90. The zero-order valence-electron chi connectivity index (χ0n) is 9.56. The molecule has 0 atom stereocenters. The molecule has 2 rings (SSSR count). The summed E-state index contributed by atoms with van der Waals surface area (Å²) in [7, 11) is 0. The molecule has 6 nitrogen and oxygen atoms in total. The van der Waals surface area contributed by atoms with Gasteiger partial charge in [0.05, 0.1) is 0 Å². The number of carboxylic acids is 2. The minimum atomic E-state index is -0.990. The Morgan fingerprint density at radius 2 is 1.16 bits per heavy atom. The minimum Gasteiger partial charge on any atom is -0.477 e. The second kappa shape index (κ2) is 9.46. The van der Waals surface area contributed by atoms with Gasteiger partial charge in [-0.15, -0.1) is 0 Å². The van der Waals surface area contributed by atoms with Crippen molar-refractivity contribution < 1.29 is 58.4 Å². The van der Waals surface area contributed by atoms with Crippen molar-refractivity contribution in [2.24, 2.45) is 0 Å². The van der Waals surface area contributed by atoms with Crippen LogP contribution in [0.4, 0.5) is 0 Å². The molecule has 2 heterocycles. The third-order valence-corrected chi connectivity index (χ3v) is 1.77. The standard InChI is InChI=1S/2C6H5NO2.Tb/c2*8-6(9)5-3-1-2-4-7-5;/h2*1-4H,(H,8,9);. The zero-order valence-corrected chi connectivity index (χ0v) is 11.7. The number of pyridine rings is 2. The van der Waals surface area contributed by atoms with E-state index in [1.165, 1.54) is 24.5 Å². The van der Waals surface area contributed by atoms with Crippen molar-refractivity contribution in [2.45, 2.75) is 0 Å². The van der Waals surface area contributed by atoms with Crippen LogP contribution in [0.25, 0.3) is 0 Å². The van der Waals surface area contributed by atoms with E-state index in [2.05, 4.69) is 9.97 Å². The maximum atomic E-state index is 10.1. The van der Waals surface area contributed by atoms with Crippen LogP contribution in [0.1, 0.15) is 21.0 Å². The molecule has 0 amide bonds. The monoisotopic (exact) mass is 405 g/mol. The normalized spacial score (nSPS) is 8.42. The van der Waals surface area contributed by atoms with Crippen LogP contribution in [0.5, 0.6) is 0 Å². The maximum Gasteiger partial charge on any atom is 0.354 e.